The normalized spacial score (nSPS) is 26.0. The highest BCUT2D eigenvalue weighted by Crippen LogP contribution is 2.32. The highest BCUT2D eigenvalue weighted by Gasteiger charge is 2.27. The average Bonchev–Trinajstić information content (AvgIpc) is 3.06. The van der Waals surface area contributed by atoms with Gasteiger partial charge in [-0.05, 0) is 43.2 Å². The first kappa shape index (κ1) is 12.6. The number of hydrogen-bond acceptors (Lipinski definition) is 4. The first-order valence-corrected chi connectivity index (χ1v) is 7.84. The van der Waals surface area contributed by atoms with Gasteiger partial charge in [0.05, 0.1) is 6.10 Å². The van der Waals surface area contributed by atoms with Crippen LogP contribution >= 0.6 is 11.3 Å². The standard InChI is InChI=1S/C14H22N2OS/c1-10-13-5-7-18-14(13)4-6-16(10)9-12(17)8-15-11-2-3-11/h5,7,10-12,15,17H,2-4,6,8-9H2,1H3. The fourth-order valence-electron chi connectivity index (χ4n) is 2.74. The molecule has 0 radical (unpaired) electrons. The van der Waals surface area contributed by atoms with Gasteiger partial charge in [0.15, 0.2) is 0 Å². The van der Waals surface area contributed by atoms with Gasteiger partial charge in [-0.15, -0.1) is 11.3 Å². The molecule has 2 heterocycles. The Hall–Kier alpha value is -0.420. The molecule has 2 aliphatic rings. The zero-order valence-electron chi connectivity index (χ0n) is 10.9. The summed E-state index contributed by atoms with van der Waals surface area (Å²) in [5.74, 6) is 0. The lowest BCUT2D eigenvalue weighted by Gasteiger charge is -2.35. The van der Waals surface area contributed by atoms with E-state index in [1.54, 1.807) is 0 Å². The maximum Gasteiger partial charge on any atom is 0.0791 e. The van der Waals surface area contributed by atoms with E-state index in [4.69, 9.17) is 0 Å². The number of aliphatic hydroxyl groups excluding tert-OH is 1. The Kier molecular flexibility index (Phi) is 3.71. The van der Waals surface area contributed by atoms with Gasteiger partial charge in [-0.2, -0.15) is 0 Å². The van der Waals surface area contributed by atoms with Crippen molar-refractivity contribution in [2.75, 3.05) is 19.6 Å². The van der Waals surface area contributed by atoms with E-state index in [-0.39, 0.29) is 6.10 Å². The first-order chi connectivity index (χ1) is 8.74. The van der Waals surface area contributed by atoms with Crippen LogP contribution in [0.5, 0.6) is 0 Å². The van der Waals surface area contributed by atoms with Crippen molar-refractivity contribution in [2.45, 2.75) is 44.4 Å². The molecule has 1 aromatic heterocycles. The van der Waals surface area contributed by atoms with Crippen LogP contribution in [-0.4, -0.2) is 41.8 Å². The molecule has 0 spiro atoms. The average molecular weight is 266 g/mol. The van der Waals surface area contributed by atoms with Gasteiger partial charge in [-0.25, -0.2) is 0 Å². The van der Waals surface area contributed by atoms with Crippen LogP contribution in [0.2, 0.25) is 0 Å². The lowest BCUT2D eigenvalue weighted by molar-refractivity contribution is 0.0863. The summed E-state index contributed by atoms with van der Waals surface area (Å²) in [6.07, 6.45) is 3.46. The van der Waals surface area contributed by atoms with Crippen molar-refractivity contribution in [1.29, 1.82) is 0 Å². The number of rotatable bonds is 5. The second-order valence-corrected chi connectivity index (χ2v) is 6.56. The highest BCUT2D eigenvalue weighted by molar-refractivity contribution is 7.10. The van der Waals surface area contributed by atoms with Crippen molar-refractivity contribution < 1.29 is 5.11 Å². The fourth-order valence-corrected chi connectivity index (χ4v) is 3.70. The zero-order valence-corrected chi connectivity index (χ0v) is 11.7. The van der Waals surface area contributed by atoms with Crippen LogP contribution in [0.25, 0.3) is 0 Å². The molecule has 1 fully saturated rings. The van der Waals surface area contributed by atoms with Gasteiger partial charge in [0, 0.05) is 36.6 Å². The monoisotopic (exact) mass is 266 g/mol. The molecule has 0 aromatic carbocycles. The SMILES string of the molecule is CC1c2ccsc2CCN1CC(O)CNC1CC1. The summed E-state index contributed by atoms with van der Waals surface area (Å²) in [4.78, 5) is 3.94. The van der Waals surface area contributed by atoms with E-state index in [0.717, 1.165) is 26.1 Å². The van der Waals surface area contributed by atoms with Gasteiger partial charge in [-0.3, -0.25) is 4.90 Å². The van der Waals surface area contributed by atoms with Gasteiger partial charge in [0.25, 0.3) is 0 Å². The predicted molar refractivity (Wildman–Crippen MR) is 75.0 cm³/mol. The summed E-state index contributed by atoms with van der Waals surface area (Å²) in [6.45, 7) is 4.86. The van der Waals surface area contributed by atoms with Gasteiger partial charge in [0.2, 0.25) is 0 Å². The molecule has 18 heavy (non-hydrogen) atoms. The molecule has 4 heteroatoms. The van der Waals surface area contributed by atoms with E-state index in [1.165, 1.54) is 23.3 Å². The summed E-state index contributed by atoms with van der Waals surface area (Å²) in [6, 6.07) is 3.38. The molecule has 0 saturated heterocycles. The molecule has 3 rings (SSSR count). The Bertz CT molecular complexity index is 402. The number of thiophene rings is 1. The summed E-state index contributed by atoms with van der Waals surface area (Å²) in [7, 11) is 0. The maximum atomic E-state index is 10.1. The third-order valence-corrected chi connectivity index (χ3v) is 5.07. The molecule has 2 unspecified atom stereocenters. The number of fused-ring (bicyclic) bond motifs is 1. The number of β-amino-alcohol motifs (C(OH)–C–C–N with tert-alkyl or cyclic N) is 1. The van der Waals surface area contributed by atoms with E-state index in [0.29, 0.717) is 12.1 Å². The number of nitrogens with one attached hydrogen (secondary N) is 1. The third-order valence-electron chi connectivity index (χ3n) is 4.07. The van der Waals surface area contributed by atoms with Crippen LogP contribution in [0.3, 0.4) is 0 Å². The molecule has 2 atom stereocenters. The Morgan fingerprint density at radius 3 is 3.17 bits per heavy atom. The molecular formula is C14H22N2OS. The fraction of sp³-hybridized carbons (Fsp3) is 0.714. The molecule has 3 nitrogen and oxygen atoms in total. The van der Waals surface area contributed by atoms with Crippen molar-refractivity contribution in [3.8, 4) is 0 Å². The van der Waals surface area contributed by atoms with Crippen molar-refractivity contribution in [1.82, 2.24) is 10.2 Å². The van der Waals surface area contributed by atoms with Gasteiger partial charge in [0.1, 0.15) is 0 Å². The lowest BCUT2D eigenvalue weighted by atomic mass is 10.0. The first-order valence-electron chi connectivity index (χ1n) is 6.96. The second kappa shape index (κ2) is 5.29. The van der Waals surface area contributed by atoms with Crippen LogP contribution in [0.4, 0.5) is 0 Å². The summed E-state index contributed by atoms with van der Waals surface area (Å²) < 4.78 is 0. The van der Waals surface area contributed by atoms with Crippen LogP contribution < -0.4 is 5.32 Å². The molecular weight excluding hydrogens is 244 g/mol. The quantitative estimate of drug-likeness (QED) is 0.853. The van der Waals surface area contributed by atoms with Gasteiger partial charge in [-0.1, -0.05) is 0 Å². The highest BCUT2D eigenvalue weighted by atomic mass is 32.1. The Balaban J connectivity index is 1.53. The smallest absolute Gasteiger partial charge is 0.0791 e. The van der Waals surface area contributed by atoms with Gasteiger partial charge < -0.3 is 10.4 Å². The van der Waals surface area contributed by atoms with Crippen LogP contribution in [-0.2, 0) is 6.42 Å². The lowest BCUT2D eigenvalue weighted by Crippen LogP contribution is -2.42. The minimum Gasteiger partial charge on any atom is -0.390 e. The number of hydrogen-bond donors (Lipinski definition) is 2. The second-order valence-electron chi connectivity index (χ2n) is 5.56. The van der Waals surface area contributed by atoms with Crippen LogP contribution in [0.1, 0.15) is 36.2 Å². The maximum absolute atomic E-state index is 10.1. The number of aliphatic hydroxyl groups is 1. The van der Waals surface area contributed by atoms with E-state index in [9.17, 15) is 5.11 Å². The molecule has 100 valence electrons. The van der Waals surface area contributed by atoms with E-state index >= 15 is 0 Å². The Labute approximate surface area is 113 Å². The molecule has 0 amide bonds. The van der Waals surface area contributed by atoms with Crippen LogP contribution in [0, 0.1) is 0 Å². The summed E-state index contributed by atoms with van der Waals surface area (Å²) in [5, 5.41) is 15.7. The minimum atomic E-state index is -0.242. The van der Waals surface area contributed by atoms with E-state index < -0.39 is 0 Å². The molecule has 1 aliphatic heterocycles. The van der Waals surface area contributed by atoms with Crippen molar-refractivity contribution >= 4 is 11.3 Å². The summed E-state index contributed by atoms with van der Waals surface area (Å²) in [5.41, 5.74) is 1.47. The third kappa shape index (κ3) is 2.77. The van der Waals surface area contributed by atoms with Crippen LogP contribution in [0.15, 0.2) is 11.4 Å². The van der Waals surface area contributed by atoms with E-state index in [1.807, 2.05) is 11.3 Å². The predicted octanol–water partition coefficient (Wildman–Crippen LogP) is 1.78. The Morgan fingerprint density at radius 2 is 2.39 bits per heavy atom. The van der Waals surface area contributed by atoms with Crippen molar-refractivity contribution in [2.24, 2.45) is 0 Å². The largest absolute Gasteiger partial charge is 0.390 e. The van der Waals surface area contributed by atoms with Crippen molar-refractivity contribution in [3.05, 3.63) is 21.9 Å². The minimum absolute atomic E-state index is 0.242. The van der Waals surface area contributed by atoms with Gasteiger partial charge >= 0.3 is 0 Å². The van der Waals surface area contributed by atoms with Crippen molar-refractivity contribution in [3.63, 3.8) is 0 Å². The Morgan fingerprint density at radius 1 is 1.56 bits per heavy atom. The van der Waals surface area contributed by atoms with E-state index in [2.05, 4.69) is 28.6 Å². The molecule has 1 aromatic rings. The number of nitrogens with zero attached hydrogens (tertiary/aromatic N) is 1. The molecule has 0 bridgehead atoms. The molecule has 1 saturated carbocycles. The zero-order chi connectivity index (χ0) is 12.5. The topological polar surface area (TPSA) is 35.5 Å². The molecule has 1 aliphatic carbocycles. The summed E-state index contributed by atoms with van der Waals surface area (Å²) >= 11 is 1.87. The molecule has 2 N–H and O–H groups in total.